The number of hydrogen-bond acceptors (Lipinski definition) is 7. The van der Waals surface area contributed by atoms with E-state index in [4.69, 9.17) is 13.6 Å². The smallest absolute Gasteiger partial charge is 0.339 e. The first-order valence-corrected chi connectivity index (χ1v) is 9.27. The number of carbonyl (C=O) groups is 2. The van der Waals surface area contributed by atoms with Gasteiger partial charge < -0.3 is 13.6 Å². The van der Waals surface area contributed by atoms with E-state index in [0.29, 0.717) is 11.3 Å². The van der Waals surface area contributed by atoms with E-state index in [2.05, 4.69) is 10.2 Å². The van der Waals surface area contributed by atoms with E-state index in [0.717, 1.165) is 11.1 Å². The van der Waals surface area contributed by atoms with Gasteiger partial charge in [0.1, 0.15) is 0 Å². The number of ether oxygens (including phenoxy) is 1. The minimum absolute atomic E-state index is 0.119. The van der Waals surface area contributed by atoms with Gasteiger partial charge in [0.2, 0.25) is 0 Å². The van der Waals surface area contributed by atoms with E-state index in [1.807, 2.05) is 32.0 Å². The zero-order valence-corrected chi connectivity index (χ0v) is 16.4. The molecule has 2 aromatic heterocycles. The van der Waals surface area contributed by atoms with Gasteiger partial charge in [-0.1, -0.05) is 35.9 Å². The van der Waals surface area contributed by atoms with Crippen molar-refractivity contribution in [3.8, 4) is 11.7 Å². The first-order valence-electron chi connectivity index (χ1n) is 9.27. The molecular weight excluding hydrogens is 384 g/mol. The predicted octanol–water partition coefficient (Wildman–Crippen LogP) is 4.53. The van der Waals surface area contributed by atoms with Gasteiger partial charge in [-0.2, -0.15) is 0 Å². The summed E-state index contributed by atoms with van der Waals surface area (Å²) in [4.78, 5) is 25.8. The summed E-state index contributed by atoms with van der Waals surface area (Å²) in [5.41, 5.74) is 2.81. The average Bonchev–Trinajstić information content (AvgIpc) is 3.45. The standard InChI is InChI=1S/C23H18N2O5/c1-14-9-10-15(2)18(12-14)21(26)16-6-3-4-7-17(16)23(27)29-13-20-24-25-22(30-20)19-8-5-11-28-19/h3-12H,13H2,1-2H3. The summed E-state index contributed by atoms with van der Waals surface area (Å²) in [7, 11) is 0. The Labute approximate surface area is 172 Å². The van der Waals surface area contributed by atoms with Crippen LogP contribution in [0, 0.1) is 13.8 Å². The summed E-state index contributed by atoms with van der Waals surface area (Å²) in [5.74, 6) is -0.155. The highest BCUT2D eigenvalue weighted by molar-refractivity contribution is 6.15. The van der Waals surface area contributed by atoms with Crippen molar-refractivity contribution in [3.05, 3.63) is 94.6 Å². The minimum Gasteiger partial charge on any atom is -0.459 e. The Hall–Kier alpha value is -4.00. The van der Waals surface area contributed by atoms with E-state index in [1.165, 1.54) is 6.26 Å². The van der Waals surface area contributed by atoms with Crippen LogP contribution >= 0.6 is 0 Å². The van der Waals surface area contributed by atoms with Crippen LogP contribution in [0.15, 0.2) is 69.7 Å². The SMILES string of the molecule is Cc1ccc(C)c(C(=O)c2ccccc2C(=O)OCc2nnc(-c3ccco3)o2)c1. The maximum absolute atomic E-state index is 13.1. The fourth-order valence-corrected chi connectivity index (χ4v) is 3.00. The zero-order valence-electron chi connectivity index (χ0n) is 16.4. The number of rotatable bonds is 6. The molecule has 2 aromatic carbocycles. The molecule has 0 aliphatic heterocycles. The van der Waals surface area contributed by atoms with Crippen LogP contribution in [0.1, 0.15) is 43.3 Å². The quantitative estimate of drug-likeness (QED) is 0.345. The number of hydrogen-bond donors (Lipinski definition) is 0. The Morgan fingerprint density at radius 2 is 1.73 bits per heavy atom. The molecule has 0 saturated carbocycles. The average molecular weight is 402 g/mol. The Balaban J connectivity index is 1.53. The Morgan fingerprint density at radius 3 is 2.50 bits per heavy atom. The minimum atomic E-state index is -0.651. The second kappa shape index (κ2) is 8.16. The van der Waals surface area contributed by atoms with Gasteiger partial charge in [0.05, 0.1) is 11.8 Å². The third kappa shape index (κ3) is 3.91. The first-order chi connectivity index (χ1) is 14.5. The van der Waals surface area contributed by atoms with E-state index in [1.54, 1.807) is 36.4 Å². The fourth-order valence-electron chi connectivity index (χ4n) is 3.00. The molecule has 150 valence electrons. The fraction of sp³-hybridized carbons (Fsp3) is 0.130. The lowest BCUT2D eigenvalue weighted by atomic mass is 9.94. The molecule has 0 amide bonds. The van der Waals surface area contributed by atoms with Crippen molar-refractivity contribution < 1.29 is 23.2 Å². The van der Waals surface area contributed by atoms with Crippen LogP contribution in [0.3, 0.4) is 0 Å². The van der Waals surface area contributed by atoms with Gasteiger partial charge in [-0.05, 0) is 43.7 Å². The lowest BCUT2D eigenvalue weighted by Gasteiger charge is -2.10. The van der Waals surface area contributed by atoms with Gasteiger partial charge in [0, 0.05) is 11.1 Å². The van der Waals surface area contributed by atoms with Crippen molar-refractivity contribution in [1.82, 2.24) is 10.2 Å². The highest BCUT2D eigenvalue weighted by atomic mass is 16.5. The molecule has 0 radical (unpaired) electrons. The molecule has 0 aliphatic rings. The summed E-state index contributed by atoms with van der Waals surface area (Å²) in [5, 5.41) is 7.70. The van der Waals surface area contributed by atoms with Gasteiger partial charge >= 0.3 is 5.97 Å². The maximum atomic E-state index is 13.1. The molecule has 2 heterocycles. The summed E-state index contributed by atoms with van der Waals surface area (Å²) in [6, 6.07) is 15.6. The van der Waals surface area contributed by atoms with E-state index >= 15 is 0 Å². The molecule has 0 bridgehead atoms. The van der Waals surface area contributed by atoms with Crippen molar-refractivity contribution in [2.24, 2.45) is 0 Å². The molecule has 0 fully saturated rings. The molecular formula is C23H18N2O5. The molecule has 0 atom stereocenters. The molecule has 30 heavy (non-hydrogen) atoms. The Bertz CT molecular complexity index is 1210. The number of ketones is 1. The number of carbonyl (C=O) groups excluding carboxylic acids is 2. The van der Waals surface area contributed by atoms with Gasteiger partial charge in [0.25, 0.3) is 11.8 Å². The highest BCUT2D eigenvalue weighted by Crippen LogP contribution is 2.21. The Morgan fingerprint density at radius 1 is 0.933 bits per heavy atom. The van der Waals surface area contributed by atoms with Crippen molar-refractivity contribution in [3.63, 3.8) is 0 Å². The topological polar surface area (TPSA) is 95.4 Å². The number of furan rings is 1. The lowest BCUT2D eigenvalue weighted by Crippen LogP contribution is -2.13. The van der Waals surface area contributed by atoms with Crippen molar-refractivity contribution in [1.29, 1.82) is 0 Å². The molecule has 0 aliphatic carbocycles. The molecule has 4 rings (SSSR count). The summed E-state index contributed by atoms with van der Waals surface area (Å²) >= 11 is 0. The van der Waals surface area contributed by atoms with Crippen molar-refractivity contribution in [2.75, 3.05) is 0 Å². The third-order valence-corrected chi connectivity index (χ3v) is 4.55. The summed E-state index contributed by atoms with van der Waals surface area (Å²) < 4.78 is 15.9. The zero-order chi connectivity index (χ0) is 21.1. The van der Waals surface area contributed by atoms with Crippen LogP contribution in [0.25, 0.3) is 11.7 Å². The van der Waals surface area contributed by atoms with Gasteiger partial charge in [-0.15, -0.1) is 10.2 Å². The lowest BCUT2D eigenvalue weighted by molar-refractivity contribution is 0.0436. The van der Waals surface area contributed by atoms with Gasteiger partial charge in [-0.25, -0.2) is 4.79 Å². The largest absolute Gasteiger partial charge is 0.459 e. The van der Waals surface area contributed by atoms with Crippen LogP contribution in [-0.2, 0) is 11.3 Å². The molecule has 0 unspecified atom stereocenters. The number of aryl methyl sites for hydroxylation is 2. The normalized spacial score (nSPS) is 10.7. The monoisotopic (exact) mass is 402 g/mol. The molecule has 0 saturated heterocycles. The van der Waals surface area contributed by atoms with Crippen LogP contribution in [0.4, 0.5) is 0 Å². The number of aromatic nitrogens is 2. The highest BCUT2D eigenvalue weighted by Gasteiger charge is 2.21. The Kier molecular flexibility index (Phi) is 5.26. The molecule has 0 N–H and O–H groups in total. The second-order valence-electron chi connectivity index (χ2n) is 6.75. The van der Waals surface area contributed by atoms with Crippen molar-refractivity contribution in [2.45, 2.75) is 20.5 Å². The van der Waals surface area contributed by atoms with E-state index in [-0.39, 0.29) is 35.3 Å². The molecule has 4 aromatic rings. The molecule has 7 nitrogen and oxygen atoms in total. The first kappa shape index (κ1) is 19.3. The number of nitrogens with zero attached hydrogens (tertiary/aromatic N) is 2. The second-order valence-corrected chi connectivity index (χ2v) is 6.75. The van der Waals surface area contributed by atoms with Crippen molar-refractivity contribution >= 4 is 11.8 Å². The van der Waals surface area contributed by atoms with E-state index < -0.39 is 5.97 Å². The van der Waals surface area contributed by atoms with Gasteiger partial charge in [-0.3, -0.25) is 4.79 Å². The predicted molar refractivity (Wildman–Crippen MR) is 107 cm³/mol. The molecule has 0 spiro atoms. The van der Waals surface area contributed by atoms with Crippen LogP contribution in [0.5, 0.6) is 0 Å². The van der Waals surface area contributed by atoms with Gasteiger partial charge in [0.15, 0.2) is 18.2 Å². The number of benzene rings is 2. The maximum Gasteiger partial charge on any atom is 0.339 e. The van der Waals surface area contributed by atoms with Crippen LogP contribution < -0.4 is 0 Å². The van der Waals surface area contributed by atoms with E-state index in [9.17, 15) is 9.59 Å². The third-order valence-electron chi connectivity index (χ3n) is 4.55. The molecule has 7 heteroatoms. The number of esters is 1. The summed E-state index contributed by atoms with van der Waals surface area (Å²) in [6.45, 7) is 3.55. The van der Waals surface area contributed by atoms with Crippen LogP contribution in [-0.4, -0.2) is 21.9 Å². The van der Waals surface area contributed by atoms with Crippen LogP contribution in [0.2, 0.25) is 0 Å². The summed E-state index contributed by atoms with van der Waals surface area (Å²) in [6.07, 6.45) is 1.49.